The van der Waals surface area contributed by atoms with Crippen LogP contribution in [0.5, 0.6) is 0 Å². The van der Waals surface area contributed by atoms with Crippen molar-refractivity contribution >= 4 is 48.0 Å². The first-order valence-electron chi connectivity index (χ1n) is 13.3. The van der Waals surface area contributed by atoms with E-state index in [2.05, 4.69) is 30.6 Å². The van der Waals surface area contributed by atoms with Crippen LogP contribution in [0.3, 0.4) is 0 Å². The second kappa shape index (κ2) is 23.8. The topological polar surface area (TPSA) is 283 Å². The summed E-state index contributed by atoms with van der Waals surface area (Å²) in [6.45, 7) is 14.6. The molecule has 45 heavy (non-hydrogen) atoms. The fraction of sp³-hybridized carbons (Fsp3) is 0.429. The van der Waals surface area contributed by atoms with Gasteiger partial charge in [-0.1, -0.05) is 0 Å². The zero-order valence-corrected chi connectivity index (χ0v) is 28.6. The van der Waals surface area contributed by atoms with Gasteiger partial charge in [-0.15, -0.1) is 0 Å². The number of hydrogen-bond donors (Lipinski definition) is 8. The number of hydrogen-bond acceptors (Lipinski definition) is 10. The van der Waals surface area contributed by atoms with E-state index >= 15 is 0 Å². The van der Waals surface area contributed by atoms with Gasteiger partial charge in [0.25, 0.3) is 0 Å². The Balaban J connectivity index is -0.000000520. The SMILES string of the molecule is CC(C)N=C(NC(C)C)C(=O)[O-].CC(C)N=C(NC(C)C)C(=O)[O-].N=Cc1cc[nH]c1C(=O)O.N=Cc1cc[nH]c1C(=O)O.[Pt+2]. The predicted octanol–water partition coefficient (Wildman–Crippen LogP) is 0.501. The molecule has 0 saturated carbocycles. The molecule has 0 amide bonds. The average Bonchev–Trinajstić information content (AvgIpc) is 3.57. The van der Waals surface area contributed by atoms with Crippen molar-refractivity contribution in [1.82, 2.24) is 20.6 Å². The Kier molecular flexibility index (Phi) is 23.7. The molecule has 0 spiro atoms. The maximum absolute atomic E-state index is 10.5. The van der Waals surface area contributed by atoms with Crippen molar-refractivity contribution in [2.75, 3.05) is 0 Å². The maximum atomic E-state index is 10.5. The molecule has 2 aromatic rings. The third kappa shape index (κ3) is 20.9. The molecule has 2 aromatic heterocycles. The summed E-state index contributed by atoms with van der Waals surface area (Å²) in [6, 6.07) is 3.11. The number of aromatic amines is 2. The molecule has 0 unspecified atom stereocenters. The summed E-state index contributed by atoms with van der Waals surface area (Å²) in [5.74, 6) is -4.72. The zero-order valence-electron chi connectivity index (χ0n) is 26.3. The van der Waals surface area contributed by atoms with Gasteiger partial charge in [-0.3, -0.25) is 9.98 Å². The van der Waals surface area contributed by atoms with Gasteiger partial charge in [0.1, 0.15) is 35.0 Å². The molecule has 0 aliphatic heterocycles. The largest absolute Gasteiger partial charge is 2.00 e. The van der Waals surface area contributed by atoms with E-state index in [0.717, 1.165) is 12.4 Å². The van der Waals surface area contributed by atoms with Crippen LogP contribution in [-0.4, -0.2) is 92.3 Å². The molecule has 0 bridgehead atoms. The number of carbonyl (C=O) groups is 4. The van der Waals surface area contributed by atoms with Gasteiger partial charge in [-0.05, 0) is 67.5 Å². The van der Waals surface area contributed by atoms with Crippen molar-refractivity contribution < 1.29 is 60.7 Å². The molecule has 16 nitrogen and oxygen atoms in total. The molecule has 0 radical (unpaired) electrons. The van der Waals surface area contributed by atoms with Crippen LogP contribution in [0.2, 0.25) is 0 Å². The van der Waals surface area contributed by atoms with E-state index in [1.807, 2.05) is 55.4 Å². The minimum atomic E-state index is -1.25. The third-order valence-electron chi connectivity index (χ3n) is 4.31. The number of H-pyrrole nitrogens is 2. The van der Waals surface area contributed by atoms with Gasteiger partial charge in [-0.2, -0.15) is 0 Å². The Hall–Kier alpha value is -4.59. The van der Waals surface area contributed by atoms with Crippen molar-refractivity contribution in [1.29, 1.82) is 10.8 Å². The van der Waals surface area contributed by atoms with E-state index in [1.54, 1.807) is 0 Å². The fourth-order valence-electron chi connectivity index (χ4n) is 2.73. The Morgan fingerprint density at radius 2 is 1.00 bits per heavy atom. The number of carbonyl (C=O) groups excluding carboxylic acids is 2. The number of aromatic nitrogens is 2. The van der Waals surface area contributed by atoms with Crippen LogP contribution < -0.4 is 20.8 Å². The fourth-order valence-corrected chi connectivity index (χ4v) is 2.73. The summed E-state index contributed by atoms with van der Waals surface area (Å²) in [5.41, 5.74) is 0.921. The first-order valence-corrected chi connectivity index (χ1v) is 13.3. The van der Waals surface area contributed by atoms with Crippen molar-refractivity contribution in [3.8, 4) is 0 Å². The number of aliphatic imine (C=N–C) groups is 2. The molecule has 0 aliphatic carbocycles. The molecule has 0 fully saturated rings. The van der Waals surface area contributed by atoms with E-state index in [-0.39, 0.29) is 68.3 Å². The standard InChI is InChI=1S/2C8H16N2O2.2C6H6N2O2.Pt/c2*1-5(2)9-7(8(11)12)10-6(3)4;2*7-3-4-1-2-8-5(4)6(9)10;/h2*5-6H,1-4H3,(H,9,10)(H,11,12);2*1-3,7-8H,(H,9,10);/q;;;;+2/p-2. The number of nitrogens with one attached hydrogen (secondary N) is 6. The molecule has 8 N–H and O–H groups in total. The van der Waals surface area contributed by atoms with E-state index < -0.39 is 23.9 Å². The molecule has 252 valence electrons. The summed E-state index contributed by atoms with van der Waals surface area (Å²) in [7, 11) is 0. The molecule has 0 aliphatic rings. The van der Waals surface area contributed by atoms with Gasteiger partial charge >= 0.3 is 33.0 Å². The number of amidine groups is 2. The molecule has 17 heteroatoms. The summed E-state index contributed by atoms with van der Waals surface area (Å²) in [5, 5.41) is 56.8. The Morgan fingerprint density at radius 3 is 1.16 bits per heavy atom. The molecular weight excluding hydrogens is 771 g/mol. The average molecular weight is 814 g/mol. The van der Waals surface area contributed by atoms with Crippen LogP contribution in [-0.2, 0) is 30.7 Å². The summed E-state index contributed by atoms with van der Waals surface area (Å²) in [6.07, 6.45) is 4.98. The monoisotopic (exact) mass is 813 g/mol. The summed E-state index contributed by atoms with van der Waals surface area (Å²) < 4.78 is 0. The number of nitrogens with zero attached hydrogens (tertiary/aromatic N) is 2. The van der Waals surface area contributed by atoms with Crippen molar-refractivity contribution in [2.45, 2.75) is 79.6 Å². The van der Waals surface area contributed by atoms with Crippen molar-refractivity contribution in [2.24, 2.45) is 9.98 Å². The van der Waals surface area contributed by atoms with E-state index in [1.165, 1.54) is 24.5 Å². The normalized spacial score (nSPS) is 10.7. The molecular formula is C28H42N8O8Pt. The number of rotatable bonds is 8. The molecule has 2 heterocycles. The van der Waals surface area contributed by atoms with Crippen LogP contribution in [0.25, 0.3) is 0 Å². The molecule has 2 rings (SSSR count). The number of aliphatic carboxylic acids is 2. The molecule has 0 aromatic carbocycles. The van der Waals surface area contributed by atoms with Crippen molar-refractivity contribution in [3.63, 3.8) is 0 Å². The second-order valence-electron chi connectivity index (χ2n) is 9.83. The smallest absolute Gasteiger partial charge is 0.542 e. The first-order chi connectivity index (χ1) is 20.4. The van der Waals surface area contributed by atoms with Gasteiger partial charge in [-0.25, -0.2) is 9.59 Å². The Labute approximate surface area is 276 Å². The molecule has 0 atom stereocenters. The summed E-state index contributed by atoms with van der Waals surface area (Å²) in [4.78, 5) is 54.3. The summed E-state index contributed by atoms with van der Waals surface area (Å²) >= 11 is 0. The van der Waals surface area contributed by atoms with Crippen LogP contribution >= 0.6 is 0 Å². The van der Waals surface area contributed by atoms with E-state index in [9.17, 15) is 29.4 Å². The van der Waals surface area contributed by atoms with Crippen LogP contribution in [0.1, 0.15) is 87.5 Å². The van der Waals surface area contributed by atoms with Gasteiger partial charge in [0, 0.05) is 60.1 Å². The minimum Gasteiger partial charge on any atom is -0.542 e. The maximum Gasteiger partial charge on any atom is 2.00 e. The van der Waals surface area contributed by atoms with Gasteiger partial charge in [0.15, 0.2) is 0 Å². The number of carboxylic acid groups (broad SMARTS) is 4. The van der Waals surface area contributed by atoms with Gasteiger partial charge in [0.05, 0.1) is 0 Å². The van der Waals surface area contributed by atoms with Crippen molar-refractivity contribution in [3.05, 3.63) is 47.0 Å². The van der Waals surface area contributed by atoms with Crippen LogP contribution in [0.4, 0.5) is 0 Å². The predicted molar refractivity (Wildman–Crippen MR) is 163 cm³/mol. The Morgan fingerprint density at radius 1 is 0.711 bits per heavy atom. The van der Waals surface area contributed by atoms with Crippen LogP contribution in [0, 0.1) is 10.8 Å². The van der Waals surface area contributed by atoms with Gasteiger partial charge in [0.2, 0.25) is 0 Å². The number of carboxylic acids is 4. The zero-order chi connectivity index (χ0) is 34.6. The van der Waals surface area contributed by atoms with E-state index in [4.69, 9.17) is 21.0 Å². The third-order valence-corrected chi connectivity index (χ3v) is 4.31. The quantitative estimate of drug-likeness (QED) is 0.135. The first kappa shape index (κ1) is 44.8. The van der Waals surface area contributed by atoms with Crippen LogP contribution in [0.15, 0.2) is 34.5 Å². The Bertz CT molecular complexity index is 1200. The van der Waals surface area contributed by atoms with E-state index in [0.29, 0.717) is 11.1 Å². The minimum absolute atomic E-state index is 0. The van der Waals surface area contributed by atoms with Gasteiger partial charge < -0.3 is 61.4 Å². The second-order valence-corrected chi connectivity index (χ2v) is 9.83. The molecule has 0 saturated heterocycles. The number of aromatic carboxylic acids is 2.